The summed E-state index contributed by atoms with van der Waals surface area (Å²) in [6.45, 7) is 5.62. The molecule has 0 spiro atoms. The van der Waals surface area contributed by atoms with E-state index in [2.05, 4.69) is 16.5 Å². The van der Waals surface area contributed by atoms with Gasteiger partial charge in [0.1, 0.15) is 11.6 Å². The van der Waals surface area contributed by atoms with Crippen molar-refractivity contribution in [3.8, 4) is 5.88 Å². The first-order valence-corrected chi connectivity index (χ1v) is 6.10. The van der Waals surface area contributed by atoms with Crippen molar-refractivity contribution in [3.63, 3.8) is 0 Å². The summed E-state index contributed by atoms with van der Waals surface area (Å²) in [6.07, 6.45) is 6.14. The molecule has 0 aliphatic heterocycles. The fourth-order valence-electron chi connectivity index (χ4n) is 1.05. The van der Waals surface area contributed by atoms with Crippen LogP contribution in [-0.2, 0) is 0 Å². The highest BCUT2D eigenvalue weighted by atomic mass is 32.2. The van der Waals surface area contributed by atoms with Crippen LogP contribution in [0.25, 0.3) is 0 Å². The Morgan fingerprint density at radius 1 is 1.62 bits per heavy atom. The lowest BCUT2D eigenvalue weighted by Gasteiger charge is -2.07. The average Bonchev–Trinajstić information content (AvgIpc) is 2.27. The van der Waals surface area contributed by atoms with E-state index in [0.717, 1.165) is 12.2 Å². The summed E-state index contributed by atoms with van der Waals surface area (Å²) in [5, 5.41) is 0.601. The van der Waals surface area contributed by atoms with Gasteiger partial charge < -0.3 is 10.5 Å². The first-order valence-electron chi connectivity index (χ1n) is 4.87. The molecule has 1 aromatic heterocycles. The van der Waals surface area contributed by atoms with Gasteiger partial charge in [0.2, 0.25) is 5.88 Å². The summed E-state index contributed by atoms with van der Waals surface area (Å²) >= 11 is 1.42. The van der Waals surface area contributed by atoms with Gasteiger partial charge in [-0.3, -0.25) is 0 Å². The molecule has 0 fully saturated rings. The Bertz CT molecular complexity index is 404. The topological polar surface area (TPSA) is 61.0 Å². The van der Waals surface area contributed by atoms with E-state index in [1.165, 1.54) is 11.8 Å². The van der Waals surface area contributed by atoms with Gasteiger partial charge in [-0.1, -0.05) is 31.3 Å². The molecule has 0 saturated heterocycles. The van der Waals surface area contributed by atoms with Gasteiger partial charge >= 0.3 is 0 Å². The second-order valence-corrected chi connectivity index (χ2v) is 3.72. The van der Waals surface area contributed by atoms with Crippen molar-refractivity contribution >= 4 is 17.6 Å². The van der Waals surface area contributed by atoms with Crippen LogP contribution in [0.1, 0.15) is 13.3 Å². The predicted octanol–water partition coefficient (Wildman–Crippen LogP) is 2.64. The maximum absolute atomic E-state index is 5.64. The Balaban J connectivity index is 2.91. The van der Waals surface area contributed by atoms with E-state index in [4.69, 9.17) is 10.5 Å². The van der Waals surface area contributed by atoms with Gasteiger partial charge in [0.15, 0.2) is 5.16 Å². The van der Waals surface area contributed by atoms with E-state index in [0.29, 0.717) is 16.9 Å². The Kier molecular flexibility index (Phi) is 4.85. The number of allylic oxidation sites excluding steroid dienone is 3. The molecule has 0 aromatic carbocycles. The Labute approximate surface area is 99.6 Å². The van der Waals surface area contributed by atoms with Crippen LogP contribution in [0.5, 0.6) is 5.88 Å². The summed E-state index contributed by atoms with van der Waals surface area (Å²) in [6, 6.07) is 1.60. The molecule has 0 atom stereocenters. The molecule has 0 aliphatic carbocycles. The van der Waals surface area contributed by atoms with Crippen LogP contribution >= 0.6 is 11.8 Å². The number of ether oxygens (including phenoxy) is 1. The zero-order valence-electron chi connectivity index (χ0n) is 9.43. The van der Waals surface area contributed by atoms with Crippen LogP contribution in [0.3, 0.4) is 0 Å². The Hall–Kier alpha value is -1.49. The summed E-state index contributed by atoms with van der Waals surface area (Å²) in [5.41, 5.74) is 5.64. The first kappa shape index (κ1) is 12.6. The van der Waals surface area contributed by atoms with E-state index in [9.17, 15) is 0 Å². The van der Waals surface area contributed by atoms with Gasteiger partial charge in [-0.05, 0) is 12.3 Å². The molecule has 0 unspecified atom stereocenters. The lowest BCUT2D eigenvalue weighted by Crippen LogP contribution is -2.00. The van der Waals surface area contributed by atoms with E-state index in [1.807, 2.05) is 13.2 Å². The highest BCUT2D eigenvalue weighted by molar-refractivity contribution is 7.98. The number of thioether (sulfide) groups is 1. The smallest absolute Gasteiger partial charge is 0.224 e. The predicted molar refractivity (Wildman–Crippen MR) is 67.4 cm³/mol. The summed E-state index contributed by atoms with van der Waals surface area (Å²) in [5.74, 6) is 1.66. The van der Waals surface area contributed by atoms with Crippen LogP contribution in [0.15, 0.2) is 35.7 Å². The standard InChI is InChI=1S/C11H15N3OS/c1-4-6-8(5-2)15-10-7-9(12)13-11(14-10)16-3/h4,6-7H,1,5H2,2-3H3,(H2,12,13,14). The molecule has 1 aromatic rings. The molecule has 0 bridgehead atoms. The highest BCUT2D eigenvalue weighted by Crippen LogP contribution is 2.19. The third-order valence-electron chi connectivity index (χ3n) is 1.77. The SMILES string of the molecule is C=CC=C(CC)Oc1cc(N)nc(SC)n1. The number of nitrogens with two attached hydrogens (primary N) is 1. The summed E-state index contributed by atoms with van der Waals surface area (Å²) in [7, 11) is 0. The van der Waals surface area contributed by atoms with Gasteiger partial charge in [-0.15, -0.1) is 0 Å². The molecule has 0 radical (unpaired) electrons. The van der Waals surface area contributed by atoms with Gasteiger partial charge in [0.05, 0.1) is 0 Å². The molecule has 5 heteroatoms. The molecule has 0 amide bonds. The Morgan fingerprint density at radius 3 is 2.94 bits per heavy atom. The lowest BCUT2D eigenvalue weighted by molar-refractivity contribution is 0.389. The zero-order chi connectivity index (χ0) is 12.0. The molecule has 1 heterocycles. The quantitative estimate of drug-likeness (QED) is 0.369. The second kappa shape index (κ2) is 6.17. The van der Waals surface area contributed by atoms with E-state index in [1.54, 1.807) is 18.2 Å². The minimum Gasteiger partial charge on any atom is -0.443 e. The van der Waals surface area contributed by atoms with Gasteiger partial charge in [0.25, 0.3) is 0 Å². The normalized spacial score (nSPS) is 11.2. The van der Waals surface area contributed by atoms with Crippen LogP contribution in [0.2, 0.25) is 0 Å². The maximum Gasteiger partial charge on any atom is 0.224 e. The van der Waals surface area contributed by atoms with Crippen molar-refractivity contribution in [2.75, 3.05) is 12.0 Å². The molecular weight excluding hydrogens is 222 g/mol. The molecule has 2 N–H and O–H groups in total. The van der Waals surface area contributed by atoms with Crippen molar-refractivity contribution < 1.29 is 4.74 Å². The summed E-state index contributed by atoms with van der Waals surface area (Å²) < 4.78 is 5.57. The van der Waals surface area contributed by atoms with Gasteiger partial charge in [-0.25, -0.2) is 4.98 Å². The van der Waals surface area contributed by atoms with Crippen molar-refractivity contribution in [2.24, 2.45) is 0 Å². The fraction of sp³-hybridized carbons (Fsp3) is 0.273. The average molecular weight is 237 g/mol. The first-order chi connectivity index (χ1) is 7.69. The third kappa shape index (κ3) is 3.58. The van der Waals surface area contributed by atoms with Crippen molar-refractivity contribution in [2.45, 2.75) is 18.5 Å². The monoisotopic (exact) mass is 237 g/mol. The molecule has 0 aliphatic rings. The van der Waals surface area contributed by atoms with Crippen molar-refractivity contribution in [3.05, 3.63) is 30.6 Å². The number of rotatable bonds is 5. The van der Waals surface area contributed by atoms with E-state index in [-0.39, 0.29) is 0 Å². The third-order valence-corrected chi connectivity index (χ3v) is 2.32. The molecular formula is C11H15N3OS. The van der Waals surface area contributed by atoms with Crippen LogP contribution in [0.4, 0.5) is 5.82 Å². The molecule has 16 heavy (non-hydrogen) atoms. The van der Waals surface area contributed by atoms with E-state index < -0.39 is 0 Å². The number of hydrogen-bond donors (Lipinski definition) is 1. The minimum absolute atomic E-state index is 0.406. The number of nitrogen functional groups attached to an aromatic ring is 1. The lowest BCUT2D eigenvalue weighted by atomic mass is 10.3. The van der Waals surface area contributed by atoms with Crippen molar-refractivity contribution in [1.82, 2.24) is 9.97 Å². The van der Waals surface area contributed by atoms with Gasteiger partial charge in [-0.2, -0.15) is 4.98 Å². The second-order valence-electron chi connectivity index (χ2n) is 2.94. The fourth-order valence-corrected chi connectivity index (χ4v) is 1.43. The molecule has 4 nitrogen and oxygen atoms in total. The van der Waals surface area contributed by atoms with Crippen LogP contribution < -0.4 is 10.5 Å². The summed E-state index contributed by atoms with van der Waals surface area (Å²) in [4.78, 5) is 8.24. The Morgan fingerprint density at radius 2 is 2.38 bits per heavy atom. The van der Waals surface area contributed by atoms with Crippen LogP contribution in [0, 0.1) is 0 Å². The maximum atomic E-state index is 5.64. The minimum atomic E-state index is 0.406. The van der Waals surface area contributed by atoms with Crippen LogP contribution in [-0.4, -0.2) is 16.2 Å². The zero-order valence-corrected chi connectivity index (χ0v) is 10.3. The number of aromatic nitrogens is 2. The largest absolute Gasteiger partial charge is 0.443 e. The molecule has 86 valence electrons. The molecule has 0 saturated carbocycles. The number of nitrogens with zero attached hydrogens (tertiary/aromatic N) is 2. The number of hydrogen-bond acceptors (Lipinski definition) is 5. The highest BCUT2D eigenvalue weighted by Gasteiger charge is 2.04. The van der Waals surface area contributed by atoms with Crippen molar-refractivity contribution in [1.29, 1.82) is 0 Å². The number of anilines is 1. The van der Waals surface area contributed by atoms with E-state index >= 15 is 0 Å². The van der Waals surface area contributed by atoms with Gasteiger partial charge in [0, 0.05) is 12.5 Å². The molecule has 1 rings (SSSR count).